The molecule has 1 aromatic carbocycles. The van der Waals surface area contributed by atoms with E-state index in [2.05, 4.69) is 5.92 Å². The van der Waals surface area contributed by atoms with Crippen LogP contribution < -0.4 is 4.90 Å². The minimum atomic E-state index is -0.623. The zero-order chi connectivity index (χ0) is 12.4. The van der Waals surface area contributed by atoms with Crippen molar-refractivity contribution in [3.8, 4) is 18.4 Å². The number of nitriles is 1. The second-order valence-corrected chi connectivity index (χ2v) is 3.82. The molecular weight excluding hydrogens is 219 g/mol. The van der Waals surface area contributed by atoms with Crippen molar-refractivity contribution in [2.75, 3.05) is 11.4 Å². The van der Waals surface area contributed by atoms with E-state index in [-0.39, 0.29) is 23.8 Å². The number of hydrogen-bond acceptors (Lipinski definition) is 2. The molecule has 0 bridgehead atoms. The maximum Gasteiger partial charge on any atom is 0.228 e. The van der Waals surface area contributed by atoms with E-state index in [9.17, 15) is 9.18 Å². The number of anilines is 1. The predicted molar refractivity (Wildman–Crippen MR) is 60.4 cm³/mol. The van der Waals surface area contributed by atoms with E-state index in [1.807, 2.05) is 0 Å². The highest BCUT2D eigenvalue weighted by Crippen LogP contribution is 2.28. The summed E-state index contributed by atoms with van der Waals surface area (Å²) in [4.78, 5) is 13.1. The molecule has 84 valence electrons. The number of hydrogen-bond donors (Lipinski definition) is 0. The van der Waals surface area contributed by atoms with E-state index in [0.29, 0.717) is 12.2 Å². The van der Waals surface area contributed by atoms with Crippen LogP contribution in [0.25, 0.3) is 0 Å². The van der Waals surface area contributed by atoms with E-state index in [4.69, 9.17) is 11.7 Å². The van der Waals surface area contributed by atoms with Crippen molar-refractivity contribution >= 4 is 11.6 Å². The van der Waals surface area contributed by atoms with Gasteiger partial charge in [-0.15, -0.1) is 12.3 Å². The Kier molecular flexibility index (Phi) is 2.80. The molecule has 1 aliphatic rings. The van der Waals surface area contributed by atoms with Crippen molar-refractivity contribution in [2.45, 2.75) is 6.42 Å². The number of carbonyl (C=O) groups is 1. The number of rotatable bonds is 1. The topological polar surface area (TPSA) is 44.1 Å². The van der Waals surface area contributed by atoms with E-state index < -0.39 is 5.82 Å². The number of carbonyl (C=O) groups excluding carboxylic acids is 1. The number of terminal acetylenes is 1. The smallest absolute Gasteiger partial charge is 0.228 e. The summed E-state index contributed by atoms with van der Waals surface area (Å²) in [6, 6.07) is 6.00. The van der Waals surface area contributed by atoms with Gasteiger partial charge in [-0.3, -0.25) is 4.79 Å². The third-order valence-corrected chi connectivity index (χ3v) is 2.75. The quantitative estimate of drug-likeness (QED) is 0.686. The van der Waals surface area contributed by atoms with Crippen molar-refractivity contribution in [3.63, 3.8) is 0 Å². The fraction of sp³-hybridized carbons (Fsp3) is 0.231. The van der Waals surface area contributed by atoms with Crippen molar-refractivity contribution < 1.29 is 9.18 Å². The molecule has 0 spiro atoms. The van der Waals surface area contributed by atoms with Gasteiger partial charge in [0, 0.05) is 18.9 Å². The summed E-state index contributed by atoms with van der Waals surface area (Å²) in [6.07, 6.45) is 5.52. The van der Waals surface area contributed by atoms with Crippen LogP contribution in [0.15, 0.2) is 18.2 Å². The Labute approximate surface area is 98.5 Å². The van der Waals surface area contributed by atoms with Crippen molar-refractivity contribution in [3.05, 3.63) is 29.6 Å². The monoisotopic (exact) mass is 228 g/mol. The van der Waals surface area contributed by atoms with Crippen molar-refractivity contribution in [2.24, 2.45) is 5.92 Å². The number of halogens is 1. The lowest BCUT2D eigenvalue weighted by molar-refractivity contribution is -0.117. The lowest BCUT2D eigenvalue weighted by Gasteiger charge is -2.17. The molecule has 4 heteroatoms. The molecule has 0 aliphatic carbocycles. The Bertz CT molecular complexity index is 554. The first-order valence-corrected chi connectivity index (χ1v) is 5.12. The van der Waals surface area contributed by atoms with Gasteiger partial charge in [0.2, 0.25) is 5.91 Å². The zero-order valence-electron chi connectivity index (χ0n) is 8.98. The largest absolute Gasteiger partial charge is 0.310 e. The molecule has 0 saturated carbocycles. The number of nitrogens with zero attached hydrogens (tertiary/aromatic N) is 2. The van der Waals surface area contributed by atoms with Gasteiger partial charge in [0.15, 0.2) is 0 Å². The van der Waals surface area contributed by atoms with Crippen LogP contribution >= 0.6 is 0 Å². The van der Waals surface area contributed by atoms with Crippen LogP contribution in [0.5, 0.6) is 0 Å². The summed E-state index contributed by atoms with van der Waals surface area (Å²) < 4.78 is 13.4. The molecule has 1 unspecified atom stereocenters. The van der Waals surface area contributed by atoms with Crippen LogP contribution in [0.4, 0.5) is 10.1 Å². The van der Waals surface area contributed by atoms with Gasteiger partial charge < -0.3 is 4.90 Å². The van der Waals surface area contributed by atoms with Crippen LogP contribution in [-0.4, -0.2) is 12.5 Å². The Morgan fingerprint density at radius 3 is 2.88 bits per heavy atom. The Morgan fingerprint density at radius 1 is 1.53 bits per heavy atom. The molecule has 17 heavy (non-hydrogen) atoms. The highest BCUT2D eigenvalue weighted by Gasteiger charge is 2.31. The molecular formula is C13H9FN2O. The average Bonchev–Trinajstić information content (AvgIpc) is 2.70. The molecule has 0 radical (unpaired) electrons. The molecule has 1 amide bonds. The van der Waals surface area contributed by atoms with Crippen LogP contribution in [0, 0.1) is 35.4 Å². The van der Waals surface area contributed by atoms with Crippen molar-refractivity contribution in [1.29, 1.82) is 5.26 Å². The minimum Gasteiger partial charge on any atom is -0.310 e. The zero-order valence-corrected chi connectivity index (χ0v) is 8.98. The van der Waals surface area contributed by atoms with Gasteiger partial charge in [-0.1, -0.05) is 6.07 Å². The minimum absolute atomic E-state index is 0.112. The van der Waals surface area contributed by atoms with E-state index in [0.717, 1.165) is 0 Å². The molecule has 0 N–H and O–H groups in total. The maximum absolute atomic E-state index is 13.4. The number of benzene rings is 1. The summed E-state index contributed by atoms with van der Waals surface area (Å²) in [7, 11) is 0. The molecule has 1 aliphatic heterocycles. The first-order chi connectivity index (χ1) is 8.17. The van der Waals surface area contributed by atoms with Gasteiger partial charge in [0.05, 0.1) is 5.69 Å². The number of amides is 1. The molecule has 1 heterocycles. The van der Waals surface area contributed by atoms with E-state index >= 15 is 0 Å². The lowest BCUT2D eigenvalue weighted by atomic mass is 10.1. The van der Waals surface area contributed by atoms with E-state index in [1.54, 1.807) is 12.1 Å². The Hall–Kier alpha value is -2.33. The summed E-state index contributed by atoms with van der Waals surface area (Å²) in [5, 5.41) is 8.90. The maximum atomic E-state index is 13.4. The summed E-state index contributed by atoms with van der Waals surface area (Å²) >= 11 is 0. The fourth-order valence-electron chi connectivity index (χ4n) is 1.90. The van der Waals surface area contributed by atoms with Gasteiger partial charge >= 0.3 is 0 Å². The highest BCUT2D eigenvalue weighted by atomic mass is 19.1. The summed E-state index contributed by atoms with van der Waals surface area (Å²) in [6.45, 7) is 0.341. The van der Waals surface area contributed by atoms with Crippen LogP contribution in [0.2, 0.25) is 0 Å². The van der Waals surface area contributed by atoms with Gasteiger partial charge in [-0.2, -0.15) is 5.26 Å². The highest BCUT2D eigenvalue weighted by molar-refractivity contribution is 5.97. The van der Waals surface area contributed by atoms with Crippen LogP contribution in [0.3, 0.4) is 0 Å². The molecule has 3 nitrogen and oxygen atoms in total. The normalized spacial score (nSPS) is 18.9. The van der Waals surface area contributed by atoms with Gasteiger partial charge in [0.1, 0.15) is 17.4 Å². The third kappa shape index (κ3) is 1.86. The summed E-state index contributed by atoms with van der Waals surface area (Å²) in [5.74, 6) is 1.54. The van der Waals surface area contributed by atoms with Crippen molar-refractivity contribution in [1.82, 2.24) is 0 Å². The van der Waals surface area contributed by atoms with Gasteiger partial charge in [0.25, 0.3) is 0 Å². The molecule has 1 fully saturated rings. The second kappa shape index (κ2) is 4.27. The lowest BCUT2D eigenvalue weighted by Crippen LogP contribution is -2.25. The average molecular weight is 228 g/mol. The van der Waals surface area contributed by atoms with Gasteiger partial charge in [-0.25, -0.2) is 4.39 Å². The second-order valence-electron chi connectivity index (χ2n) is 3.82. The Balaban J connectivity index is 2.43. The summed E-state index contributed by atoms with van der Waals surface area (Å²) in [5.41, 5.74) is 0.189. The van der Waals surface area contributed by atoms with Crippen LogP contribution in [-0.2, 0) is 4.79 Å². The first kappa shape index (κ1) is 11.2. The molecule has 2 rings (SSSR count). The van der Waals surface area contributed by atoms with Gasteiger partial charge in [-0.05, 0) is 12.1 Å². The third-order valence-electron chi connectivity index (χ3n) is 2.75. The first-order valence-electron chi connectivity index (χ1n) is 5.12. The SMILES string of the molecule is C#CC1CC(=O)N(c2cccc(F)c2C#N)C1. The predicted octanol–water partition coefficient (Wildman–Crippen LogP) is 1.68. The molecule has 1 aromatic rings. The molecule has 1 saturated heterocycles. The Morgan fingerprint density at radius 2 is 2.29 bits per heavy atom. The fourth-order valence-corrected chi connectivity index (χ4v) is 1.90. The molecule has 0 aromatic heterocycles. The molecule has 1 atom stereocenters. The van der Waals surface area contributed by atoms with Crippen LogP contribution in [0.1, 0.15) is 12.0 Å². The standard InChI is InChI=1S/C13H9FN2O/c1-2-9-6-13(17)16(8-9)12-5-3-4-11(14)10(12)7-15/h1,3-5,9H,6,8H2. The van der Waals surface area contributed by atoms with E-state index in [1.165, 1.54) is 17.0 Å².